The van der Waals surface area contributed by atoms with Crippen LogP contribution in [0.4, 0.5) is 0 Å². The zero-order valence-corrected chi connectivity index (χ0v) is 15.7. The van der Waals surface area contributed by atoms with Gasteiger partial charge in [0, 0.05) is 15.8 Å². The Balaban J connectivity index is 1.61. The van der Waals surface area contributed by atoms with E-state index in [1.54, 1.807) is 6.07 Å². The number of hydrogen-bond donors (Lipinski definition) is 1. The molecule has 0 saturated carbocycles. The first-order chi connectivity index (χ1) is 11.7. The van der Waals surface area contributed by atoms with E-state index < -0.39 is 0 Å². The van der Waals surface area contributed by atoms with E-state index in [0.717, 1.165) is 10.0 Å². The van der Waals surface area contributed by atoms with Gasteiger partial charge in [0.2, 0.25) is 5.16 Å². The molecule has 0 radical (unpaired) electrons. The summed E-state index contributed by atoms with van der Waals surface area (Å²) in [5.74, 6) is 8.06. The Kier molecular flexibility index (Phi) is 5.65. The van der Waals surface area contributed by atoms with Gasteiger partial charge in [-0.3, -0.25) is 0 Å². The molecule has 3 rings (SSSR count). The Morgan fingerprint density at radius 2 is 1.88 bits per heavy atom. The number of ether oxygens (including phenoxy) is 1. The summed E-state index contributed by atoms with van der Waals surface area (Å²) in [7, 11) is 0. The molecule has 0 atom stereocenters. The highest BCUT2D eigenvalue weighted by molar-refractivity contribution is 9.10. The summed E-state index contributed by atoms with van der Waals surface area (Å²) in [5.41, 5.74) is 0.895. The van der Waals surface area contributed by atoms with Gasteiger partial charge in [0.25, 0.3) is 0 Å². The Morgan fingerprint density at radius 1 is 1.12 bits per heavy atom. The van der Waals surface area contributed by atoms with Gasteiger partial charge in [0.1, 0.15) is 5.75 Å². The van der Waals surface area contributed by atoms with E-state index in [0.29, 0.717) is 34.1 Å². The first kappa shape index (κ1) is 17.1. The highest BCUT2D eigenvalue weighted by Gasteiger charge is 2.14. The predicted molar refractivity (Wildman–Crippen MR) is 101 cm³/mol. The highest BCUT2D eigenvalue weighted by Crippen LogP contribution is 2.28. The van der Waals surface area contributed by atoms with Gasteiger partial charge in [0.15, 0.2) is 5.82 Å². The number of aromatic nitrogens is 3. The minimum atomic E-state index is 0.492. The normalized spacial score (nSPS) is 10.8. The van der Waals surface area contributed by atoms with Crippen LogP contribution in [0.1, 0.15) is 0 Å². The van der Waals surface area contributed by atoms with Crippen molar-refractivity contribution in [1.82, 2.24) is 14.9 Å². The Morgan fingerprint density at radius 3 is 2.67 bits per heavy atom. The van der Waals surface area contributed by atoms with Crippen molar-refractivity contribution in [2.45, 2.75) is 5.16 Å². The number of thioether (sulfide) groups is 1. The SMILES string of the molecule is Nn1c(SCCOc2ccccc2Cl)nnc1-c1ccccc1Br. The molecule has 8 heteroatoms. The maximum Gasteiger partial charge on any atom is 0.210 e. The lowest BCUT2D eigenvalue weighted by molar-refractivity contribution is 0.344. The van der Waals surface area contributed by atoms with Gasteiger partial charge in [-0.15, -0.1) is 10.2 Å². The first-order valence-corrected chi connectivity index (χ1v) is 9.28. The number of nitrogen functional groups attached to an aromatic ring is 1. The average molecular weight is 426 g/mol. The van der Waals surface area contributed by atoms with Crippen LogP contribution in [0.3, 0.4) is 0 Å². The number of nitrogens with two attached hydrogens (primary N) is 1. The zero-order chi connectivity index (χ0) is 16.9. The van der Waals surface area contributed by atoms with E-state index in [2.05, 4.69) is 26.1 Å². The number of para-hydroxylation sites is 1. The van der Waals surface area contributed by atoms with Gasteiger partial charge in [-0.1, -0.05) is 63.6 Å². The van der Waals surface area contributed by atoms with E-state index in [9.17, 15) is 0 Å². The highest BCUT2D eigenvalue weighted by atomic mass is 79.9. The van der Waals surface area contributed by atoms with Crippen molar-refractivity contribution in [3.63, 3.8) is 0 Å². The molecule has 2 aromatic carbocycles. The smallest absolute Gasteiger partial charge is 0.210 e. The molecule has 0 unspecified atom stereocenters. The summed E-state index contributed by atoms with van der Waals surface area (Å²) in [6.07, 6.45) is 0. The number of halogens is 2. The molecule has 1 aromatic heterocycles. The summed E-state index contributed by atoms with van der Waals surface area (Å²) in [4.78, 5) is 0. The molecule has 5 nitrogen and oxygen atoms in total. The fourth-order valence-corrected chi connectivity index (χ4v) is 3.37. The molecule has 0 aliphatic rings. The molecule has 0 bridgehead atoms. The summed E-state index contributed by atoms with van der Waals surface area (Å²) in [6, 6.07) is 15.1. The lowest BCUT2D eigenvalue weighted by Crippen LogP contribution is -2.12. The van der Waals surface area contributed by atoms with Gasteiger partial charge in [-0.25, -0.2) is 4.68 Å². The predicted octanol–water partition coefficient (Wildman–Crippen LogP) is 4.25. The van der Waals surface area contributed by atoms with Gasteiger partial charge in [0.05, 0.1) is 11.6 Å². The Labute approximate surface area is 157 Å². The molecule has 24 heavy (non-hydrogen) atoms. The van der Waals surface area contributed by atoms with Crippen molar-refractivity contribution in [2.24, 2.45) is 0 Å². The number of nitrogens with zero attached hydrogens (tertiary/aromatic N) is 3. The molecule has 3 aromatic rings. The third-order valence-corrected chi connectivity index (χ3v) is 5.10. The molecule has 1 heterocycles. The summed E-state index contributed by atoms with van der Waals surface area (Å²) in [5, 5.41) is 9.54. The van der Waals surface area contributed by atoms with Crippen LogP contribution < -0.4 is 10.6 Å². The maximum absolute atomic E-state index is 6.11. The average Bonchev–Trinajstić information content (AvgIpc) is 2.94. The number of benzene rings is 2. The Hall–Kier alpha value is -1.70. The molecule has 0 fully saturated rings. The minimum absolute atomic E-state index is 0.492. The molecule has 0 saturated heterocycles. The van der Waals surface area contributed by atoms with Crippen molar-refractivity contribution < 1.29 is 4.74 Å². The van der Waals surface area contributed by atoms with Crippen LogP contribution >= 0.6 is 39.3 Å². The van der Waals surface area contributed by atoms with Crippen molar-refractivity contribution in [3.8, 4) is 17.1 Å². The molecule has 0 amide bonds. The van der Waals surface area contributed by atoms with Gasteiger partial charge >= 0.3 is 0 Å². The monoisotopic (exact) mass is 424 g/mol. The van der Waals surface area contributed by atoms with Crippen LogP contribution in [0.25, 0.3) is 11.4 Å². The second-order valence-electron chi connectivity index (χ2n) is 4.78. The second kappa shape index (κ2) is 7.92. The van der Waals surface area contributed by atoms with E-state index in [4.69, 9.17) is 22.2 Å². The molecule has 124 valence electrons. The van der Waals surface area contributed by atoms with Crippen LogP contribution in [-0.2, 0) is 0 Å². The first-order valence-electron chi connectivity index (χ1n) is 7.12. The van der Waals surface area contributed by atoms with Crippen LogP contribution in [0.2, 0.25) is 5.02 Å². The zero-order valence-electron chi connectivity index (χ0n) is 12.5. The standard InChI is InChI=1S/C16H14BrClN4OS/c17-12-6-2-1-5-11(12)15-20-21-16(22(15)19)24-10-9-23-14-8-4-3-7-13(14)18/h1-8H,9-10,19H2. The molecular formula is C16H14BrClN4OS. The number of rotatable bonds is 6. The molecule has 0 spiro atoms. The maximum atomic E-state index is 6.11. The van der Waals surface area contributed by atoms with Gasteiger partial charge < -0.3 is 10.6 Å². The van der Waals surface area contributed by atoms with Crippen LogP contribution in [-0.4, -0.2) is 27.2 Å². The quantitative estimate of drug-likeness (QED) is 0.363. The van der Waals surface area contributed by atoms with Crippen molar-refractivity contribution in [2.75, 3.05) is 18.2 Å². The fourth-order valence-electron chi connectivity index (χ4n) is 2.05. The minimum Gasteiger partial charge on any atom is -0.491 e. The van der Waals surface area contributed by atoms with E-state index in [1.165, 1.54) is 16.4 Å². The Bertz CT molecular complexity index is 842. The fraction of sp³-hybridized carbons (Fsp3) is 0.125. The molecule has 2 N–H and O–H groups in total. The summed E-state index contributed by atoms with van der Waals surface area (Å²) in [6.45, 7) is 0.492. The van der Waals surface area contributed by atoms with Crippen molar-refractivity contribution in [1.29, 1.82) is 0 Å². The molecule has 0 aliphatic heterocycles. The van der Waals surface area contributed by atoms with Crippen LogP contribution in [0, 0.1) is 0 Å². The third kappa shape index (κ3) is 3.85. The summed E-state index contributed by atoms with van der Waals surface area (Å²) < 4.78 is 8.06. The third-order valence-electron chi connectivity index (χ3n) is 3.19. The molecule has 0 aliphatic carbocycles. The summed E-state index contributed by atoms with van der Waals surface area (Å²) >= 11 is 11.0. The van der Waals surface area contributed by atoms with Crippen LogP contribution in [0.15, 0.2) is 58.2 Å². The lowest BCUT2D eigenvalue weighted by Gasteiger charge is -2.07. The number of hydrogen-bond acceptors (Lipinski definition) is 5. The lowest BCUT2D eigenvalue weighted by atomic mass is 10.2. The van der Waals surface area contributed by atoms with E-state index >= 15 is 0 Å². The molecular weight excluding hydrogens is 412 g/mol. The largest absolute Gasteiger partial charge is 0.491 e. The van der Waals surface area contributed by atoms with Gasteiger partial charge in [-0.05, 0) is 24.3 Å². The van der Waals surface area contributed by atoms with Crippen molar-refractivity contribution in [3.05, 3.63) is 58.0 Å². The van der Waals surface area contributed by atoms with Crippen LogP contribution in [0.5, 0.6) is 5.75 Å². The second-order valence-corrected chi connectivity index (χ2v) is 7.11. The van der Waals surface area contributed by atoms with Crippen molar-refractivity contribution >= 4 is 39.3 Å². The van der Waals surface area contributed by atoms with E-state index in [1.807, 2.05) is 42.5 Å². The van der Waals surface area contributed by atoms with Gasteiger partial charge in [-0.2, -0.15) is 0 Å². The topological polar surface area (TPSA) is 66.0 Å². The van der Waals surface area contributed by atoms with E-state index in [-0.39, 0.29) is 0 Å².